The number of rotatable bonds is 5. The largest absolute Gasteiger partial charge is 0.393 e. The van der Waals surface area contributed by atoms with E-state index >= 15 is 0 Å². The minimum Gasteiger partial charge on any atom is -0.393 e. The molecule has 2 N–H and O–H groups in total. The van der Waals surface area contributed by atoms with Gasteiger partial charge in [0, 0.05) is 0 Å². The molecule has 0 saturated carbocycles. The quantitative estimate of drug-likeness (QED) is 0.621. The molecule has 0 rings (SSSR count). The molecule has 0 bridgehead atoms. The van der Waals surface area contributed by atoms with E-state index in [0.29, 0.717) is 5.41 Å². The molecule has 2 heteroatoms. The monoisotopic (exact) mass is 173 g/mol. The van der Waals surface area contributed by atoms with Crippen molar-refractivity contribution in [1.29, 1.82) is 0 Å². The van der Waals surface area contributed by atoms with Gasteiger partial charge in [-0.2, -0.15) is 0 Å². The molecule has 2 nitrogen and oxygen atoms in total. The summed E-state index contributed by atoms with van der Waals surface area (Å²) in [4.78, 5) is 0. The summed E-state index contributed by atoms with van der Waals surface area (Å²) in [6.45, 7) is 10.6. The van der Waals surface area contributed by atoms with Crippen molar-refractivity contribution in [3.05, 3.63) is 0 Å². The van der Waals surface area contributed by atoms with E-state index < -0.39 is 0 Å². The summed E-state index contributed by atoms with van der Waals surface area (Å²) in [5, 5.41) is 12.4. The summed E-state index contributed by atoms with van der Waals surface area (Å²) < 4.78 is 0. The first-order chi connectivity index (χ1) is 5.42. The Kier molecular flexibility index (Phi) is 5.51. The normalized spacial score (nSPS) is 14.8. The highest BCUT2D eigenvalue weighted by Crippen LogP contribution is 2.10. The molecule has 0 aliphatic heterocycles. The van der Waals surface area contributed by atoms with Crippen LogP contribution >= 0.6 is 0 Å². The number of nitrogens with one attached hydrogen (secondary N) is 1. The maximum Gasteiger partial charge on any atom is 0.0512 e. The number of hydrogen-bond donors (Lipinski definition) is 2. The predicted molar refractivity (Wildman–Crippen MR) is 53.2 cm³/mol. The molecular formula is C10H23NO. The van der Waals surface area contributed by atoms with Crippen molar-refractivity contribution in [3.63, 3.8) is 0 Å². The SMILES string of the molecule is CC(O)CCCNCC(C)(C)C. The molecule has 0 aromatic carbocycles. The first-order valence-corrected chi connectivity index (χ1v) is 4.80. The summed E-state index contributed by atoms with van der Waals surface area (Å²) in [7, 11) is 0. The van der Waals surface area contributed by atoms with Crippen molar-refractivity contribution < 1.29 is 5.11 Å². The lowest BCUT2D eigenvalue weighted by Gasteiger charge is -2.18. The Balaban J connectivity index is 3.12. The Morgan fingerprint density at radius 2 is 1.92 bits per heavy atom. The molecule has 0 fully saturated rings. The van der Waals surface area contributed by atoms with E-state index in [0.717, 1.165) is 25.9 Å². The van der Waals surface area contributed by atoms with Crippen molar-refractivity contribution in [3.8, 4) is 0 Å². The minimum atomic E-state index is -0.151. The number of hydrogen-bond acceptors (Lipinski definition) is 2. The topological polar surface area (TPSA) is 32.3 Å². The second-order valence-electron chi connectivity index (χ2n) is 4.73. The van der Waals surface area contributed by atoms with Crippen molar-refractivity contribution >= 4 is 0 Å². The van der Waals surface area contributed by atoms with Gasteiger partial charge in [0.25, 0.3) is 0 Å². The Morgan fingerprint density at radius 3 is 2.33 bits per heavy atom. The zero-order valence-corrected chi connectivity index (χ0v) is 8.85. The van der Waals surface area contributed by atoms with Gasteiger partial charge in [-0.15, -0.1) is 0 Å². The van der Waals surface area contributed by atoms with Gasteiger partial charge in [-0.1, -0.05) is 20.8 Å². The second-order valence-corrected chi connectivity index (χ2v) is 4.73. The van der Waals surface area contributed by atoms with E-state index in [1.165, 1.54) is 0 Å². The van der Waals surface area contributed by atoms with Crippen LogP contribution in [0.15, 0.2) is 0 Å². The van der Waals surface area contributed by atoms with Gasteiger partial charge >= 0.3 is 0 Å². The molecular weight excluding hydrogens is 150 g/mol. The average molecular weight is 173 g/mol. The second kappa shape index (κ2) is 5.55. The van der Waals surface area contributed by atoms with Gasteiger partial charge in [-0.3, -0.25) is 0 Å². The average Bonchev–Trinajstić information content (AvgIpc) is 1.83. The van der Waals surface area contributed by atoms with Gasteiger partial charge in [0.1, 0.15) is 0 Å². The molecule has 0 aliphatic carbocycles. The Bertz CT molecular complexity index is 105. The van der Waals surface area contributed by atoms with Crippen LogP contribution in [0, 0.1) is 5.41 Å². The molecule has 0 spiro atoms. The highest BCUT2D eigenvalue weighted by atomic mass is 16.3. The highest BCUT2D eigenvalue weighted by molar-refractivity contribution is 4.64. The summed E-state index contributed by atoms with van der Waals surface area (Å²) >= 11 is 0. The van der Waals surface area contributed by atoms with Gasteiger partial charge in [-0.25, -0.2) is 0 Å². The lowest BCUT2D eigenvalue weighted by molar-refractivity contribution is 0.181. The Morgan fingerprint density at radius 1 is 1.33 bits per heavy atom. The van der Waals surface area contributed by atoms with Crippen LogP contribution < -0.4 is 5.32 Å². The third-order valence-corrected chi connectivity index (χ3v) is 1.63. The molecule has 0 aliphatic rings. The van der Waals surface area contributed by atoms with Gasteiger partial charge in [-0.05, 0) is 38.3 Å². The van der Waals surface area contributed by atoms with Crippen LogP contribution in [0.2, 0.25) is 0 Å². The van der Waals surface area contributed by atoms with Gasteiger partial charge < -0.3 is 10.4 Å². The molecule has 1 atom stereocenters. The Labute approximate surface area is 76.4 Å². The number of aliphatic hydroxyl groups is 1. The van der Waals surface area contributed by atoms with Crippen molar-refractivity contribution in [2.24, 2.45) is 5.41 Å². The molecule has 0 amide bonds. The third-order valence-electron chi connectivity index (χ3n) is 1.63. The molecule has 12 heavy (non-hydrogen) atoms. The molecule has 0 heterocycles. The van der Waals surface area contributed by atoms with Gasteiger partial charge in [0.2, 0.25) is 0 Å². The van der Waals surface area contributed by atoms with Gasteiger partial charge in [0.15, 0.2) is 0 Å². The van der Waals surface area contributed by atoms with Crippen LogP contribution in [-0.4, -0.2) is 24.3 Å². The minimum absolute atomic E-state index is 0.151. The lowest BCUT2D eigenvalue weighted by atomic mass is 9.97. The maximum absolute atomic E-state index is 8.98. The van der Waals surface area contributed by atoms with Crippen LogP contribution in [0.4, 0.5) is 0 Å². The molecule has 74 valence electrons. The Hall–Kier alpha value is -0.0800. The number of aliphatic hydroxyl groups excluding tert-OH is 1. The predicted octanol–water partition coefficient (Wildman–Crippen LogP) is 1.78. The first kappa shape index (κ1) is 11.9. The molecule has 0 saturated heterocycles. The molecule has 1 unspecified atom stereocenters. The summed E-state index contributed by atoms with van der Waals surface area (Å²) in [5.74, 6) is 0. The van der Waals surface area contributed by atoms with Crippen molar-refractivity contribution in [1.82, 2.24) is 5.32 Å². The van der Waals surface area contributed by atoms with E-state index in [-0.39, 0.29) is 6.10 Å². The van der Waals surface area contributed by atoms with Crippen molar-refractivity contribution in [2.45, 2.75) is 46.6 Å². The smallest absolute Gasteiger partial charge is 0.0512 e. The first-order valence-electron chi connectivity index (χ1n) is 4.80. The zero-order valence-electron chi connectivity index (χ0n) is 8.85. The summed E-state index contributed by atoms with van der Waals surface area (Å²) in [5.41, 5.74) is 0.366. The maximum atomic E-state index is 8.98. The van der Waals surface area contributed by atoms with Crippen LogP contribution in [0.3, 0.4) is 0 Å². The van der Waals surface area contributed by atoms with Crippen molar-refractivity contribution in [2.75, 3.05) is 13.1 Å². The van der Waals surface area contributed by atoms with E-state index in [1.807, 2.05) is 6.92 Å². The van der Waals surface area contributed by atoms with E-state index in [2.05, 4.69) is 26.1 Å². The molecule has 0 aromatic rings. The lowest BCUT2D eigenvalue weighted by Crippen LogP contribution is -2.27. The fourth-order valence-electron chi connectivity index (χ4n) is 0.986. The third kappa shape index (κ3) is 9.92. The van der Waals surface area contributed by atoms with Crippen LogP contribution in [0.5, 0.6) is 0 Å². The van der Waals surface area contributed by atoms with Gasteiger partial charge in [0.05, 0.1) is 6.10 Å². The fraction of sp³-hybridized carbons (Fsp3) is 1.00. The van der Waals surface area contributed by atoms with E-state index in [4.69, 9.17) is 5.11 Å². The summed E-state index contributed by atoms with van der Waals surface area (Å²) in [6.07, 6.45) is 1.81. The molecule has 0 aromatic heterocycles. The standard InChI is InChI=1S/C10H23NO/c1-9(12)6-5-7-11-8-10(2,3)4/h9,11-12H,5-8H2,1-4H3. The fourth-order valence-corrected chi connectivity index (χ4v) is 0.986. The van der Waals surface area contributed by atoms with Crippen LogP contribution in [0.1, 0.15) is 40.5 Å². The summed E-state index contributed by atoms with van der Waals surface area (Å²) in [6, 6.07) is 0. The van der Waals surface area contributed by atoms with E-state index in [1.54, 1.807) is 0 Å². The van der Waals surface area contributed by atoms with Crippen LogP contribution in [0.25, 0.3) is 0 Å². The van der Waals surface area contributed by atoms with Crippen LogP contribution in [-0.2, 0) is 0 Å². The highest BCUT2D eigenvalue weighted by Gasteiger charge is 2.08. The zero-order chi connectivity index (χ0) is 9.61. The van der Waals surface area contributed by atoms with E-state index in [9.17, 15) is 0 Å². The molecule has 0 radical (unpaired) electrons.